The zero-order chi connectivity index (χ0) is 16.8. The van der Waals surface area contributed by atoms with Gasteiger partial charge in [0.25, 0.3) is 5.91 Å². The molecule has 1 N–H and O–H groups in total. The van der Waals surface area contributed by atoms with Gasteiger partial charge in [0.2, 0.25) is 0 Å². The zero-order valence-electron chi connectivity index (χ0n) is 14.2. The number of aryl methyl sites for hydroxylation is 1. The van der Waals surface area contributed by atoms with Gasteiger partial charge in [-0.15, -0.1) is 11.3 Å². The number of rotatable bonds is 5. The van der Waals surface area contributed by atoms with Crippen LogP contribution in [0.25, 0.3) is 0 Å². The predicted molar refractivity (Wildman–Crippen MR) is 98.3 cm³/mol. The van der Waals surface area contributed by atoms with Crippen LogP contribution in [0.5, 0.6) is 0 Å². The molecule has 1 atom stereocenters. The third-order valence-electron chi connectivity index (χ3n) is 4.63. The highest BCUT2D eigenvalue weighted by atomic mass is 32.1. The summed E-state index contributed by atoms with van der Waals surface area (Å²) in [6, 6.07) is 8.26. The molecular formula is C19H25N3OS. The molecule has 0 saturated carbocycles. The minimum atomic E-state index is 0.166. The van der Waals surface area contributed by atoms with Crippen molar-refractivity contribution < 1.29 is 4.79 Å². The van der Waals surface area contributed by atoms with Gasteiger partial charge < -0.3 is 10.2 Å². The first-order valence-corrected chi connectivity index (χ1v) is 9.65. The summed E-state index contributed by atoms with van der Waals surface area (Å²) in [5, 5.41) is 5.47. The van der Waals surface area contributed by atoms with Gasteiger partial charge in [-0.25, -0.2) is 0 Å². The lowest BCUT2D eigenvalue weighted by Crippen LogP contribution is -2.40. The molecular weight excluding hydrogens is 318 g/mol. The van der Waals surface area contributed by atoms with Crippen LogP contribution in [-0.4, -0.2) is 34.9 Å². The number of aromatic nitrogens is 1. The van der Waals surface area contributed by atoms with Crippen LogP contribution in [0.1, 0.15) is 47.1 Å². The number of nitrogens with one attached hydrogen (secondary N) is 1. The summed E-state index contributed by atoms with van der Waals surface area (Å²) in [5.74, 6) is 0.166. The van der Waals surface area contributed by atoms with Crippen LogP contribution >= 0.6 is 11.3 Å². The molecule has 1 unspecified atom stereocenters. The number of nitrogens with zero attached hydrogens (tertiary/aromatic N) is 2. The number of carbonyl (C=O) groups is 1. The lowest BCUT2D eigenvalue weighted by molar-refractivity contribution is 0.0646. The van der Waals surface area contributed by atoms with Crippen molar-refractivity contribution in [2.24, 2.45) is 0 Å². The molecule has 128 valence electrons. The number of carbonyl (C=O) groups excluding carboxylic acids is 1. The van der Waals surface area contributed by atoms with Crippen LogP contribution in [-0.2, 0) is 13.0 Å². The Morgan fingerprint density at radius 2 is 2.25 bits per heavy atom. The van der Waals surface area contributed by atoms with Crippen LogP contribution in [0, 0.1) is 0 Å². The minimum absolute atomic E-state index is 0.166. The molecule has 0 aromatic carbocycles. The predicted octanol–water partition coefficient (Wildman–Crippen LogP) is 3.49. The summed E-state index contributed by atoms with van der Waals surface area (Å²) in [7, 11) is 0. The molecule has 0 aliphatic carbocycles. The maximum Gasteiger partial charge on any atom is 0.264 e. The van der Waals surface area contributed by atoms with E-state index in [1.165, 1.54) is 0 Å². The fraction of sp³-hybridized carbons (Fsp3) is 0.474. The van der Waals surface area contributed by atoms with Crippen molar-refractivity contribution in [2.45, 2.75) is 45.2 Å². The molecule has 2 aromatic rings. The summed E-state index contributed by atoms with van der Waals surface area (Å²) in [4.78, 5) is 20.7. The second kappa shape index (κ2) is 8.40. The summed E-state index contributed by atoms with van der Waals surface area (Å²) in [6.45, 7) is 4.71. The van der Waals surface area contributed by atoms with Crippen molar-refractivity contribution in [3.8, 4) is 0 Å². The smallest absolute Gasteiger partial charge is 0.264 e. The Morgan fingerprint density at radius 3 is 3.04 bits per heavy atom. The Hall–Kier alpha value is -1.72. The number of thiophene rings is 1. The van der Waals surface area contributed by atoms with Crippen molar-refractivity contribution in [3.63, 3.8) is 0 Å². The first-order chi connectivity index (χ1) is 11.8. The zero-order valence-corrected chi connectivity index (χ0v) is 15.0. The van der Waals surface area contributed by atoms with Crippen LogP contribution in [0.2, 0.25) is 0 Å². The second-order valence-corrected chi connectivity index (χ2v) is 7.13. The Balaban J connectivity index is 1.87. The van der Waals surface area contributed by atoms with Gasteiger partial charge in [-0.2, -0.15) is 0 Å². The summed E-state index contributed by atoms with van der Waals surface area (Å²) in [5.41, 5.74) is 2.11. The van der Waals surface area contributed by atoms with E-state index in [2.05, 4.69) is 28.2 Å². The van der Waals surface area contributed by atoms with E-state index < -0.39 is 0 Å². The van der Waals surface area contributed by atoms with Crippen molar-refractivity contribution in [1.29, 1.82) is 0 Å². The Bertz CT molecular complexity index is 648. The van der Waals surface area contributed by atoms with Crippen LogP contribution in [0.4, 0.5) is 0 Å². The van der Waals surface area contributed by atoms with E-state index in [0.29, 0.717) is 6.54 Å². The molecule has 0 bridgehead atoms. The molecule has 5 heteroatoms. The van der Waals surface area contributed by atoms with E-state index in [1.807, 2.05) is 23.6 Å². The van der Waals surface area contributed by atoms with Gasteiger partial charge in [-0.3, -0.25) is 9.78 Å². The van der Waals surface area contributed by atoms with Gasteiger partial charge in [0.15, 0.2) is 0 Å². The van der Waals surface area contributed by atoms with Gasteiger partial charge in [-0.1, -0.05) is 13.0 Å². The van der Waals surface area contributed by atoms with Crippen LogP contribution < -0.4 is 5.32 Å². The molecule has 4 nitrogen and oxygen atoms in total. The van der Waals surface area contributed by atoms with Crippen LogP contribution in [0.15, 0.2) is 35.8 Å². The molecule has 0 spiro atoms. The molecule has 3 rings (SSSR count). The van der Waals surface area contributed by atoms with Crippen molar-refractivity contribution in [2.75, 3.05) is 13.1 Å². The molecule has 1 amide bonds. The van der Waals surface area contributed by atoms with Gasteiger partial charge in [0.1, 0.15) is 0 Å². The molecule has 1 aliphatic rings. The minimum Gasteiger partial charge on any atom is -0.329 e. The van der Waals surface area contributed by atoms with E-state index in [-0.39, 0.29) is 11.9 Å². The molecule has 3 heterocycles. The third kappa shape index (κ3) is 4.02. The highest BCUT2D eigenvalue weighted by Gasteiger charge is 2.27. The largest absolute Gasteiger partial charge is 0.329 e. The normalized spacial score (nSPS) is 18.1. The SMILES string of the molecule is CCc1ccsc1C(=O)N(Cc1ccccn1)C1CCCNCC1. The van der Waals surface area contributed by atoms with Crippen molar-refractivity contribution in [1.82, 2.24) is 15.2 Å². The molecule has 2 aromatic heterocycles. The number of pyridine rings is 1. The number of hydrogen-bond acceptors (Lipinski definition) is 4. The maximum atomic E-state index is 13.3. The Morgan fingerprint density at radius 1 is 1.33 bits per heavy atom. The van der Waals surface area contributed by atoms with E-state index in [9.17, 15) is 4.79 Å². The van der Waals surface area contributed by atoms with Crippen molar-refractivity contribution >= 4 is 17.2 Å². The average molecular weight is 343 g/mol. The first kappa shape index (κ1) is 17.1. The van der Waals surface area contributed by atoms with E-state index in [1.54, 1.807) is 17.5 Å². The standard InChI is InChI=1S/C19H25N3OS/c1-2-15-9-13-24-18(15)19(23)22(14-16-6-3-4-11-21-16)17-7-5-10-20-12-8-17/h3-4,6,9,11,13,17,20H,2,5,7-8,10,12,14H2,1H3. The first-order valence-electron chi connectivity index (χ1n) is 8.77. The van der Waals surface area contributed by atoms with E-state index in [4.69, 9.17) is 0 Å². The molecule has 0 radical (unpaired) electrons. The van der Waals surface area contributed by atoms with Crippen molar-refractivity contribution in [3.05, 3.63) is 52.0 Å². The van der Waals surface area contributed by atoms with Gasteiger partial charge in [0, 0.05) is 12.2 Å². The highest BCUT2D eigenvalue weighted by Crippen LogP contribution is 2.24. The maximum absolute atomic E-state index is 13.3. The van der Waals surface area contributed by atoms with Gasteiger partial charge >= 0.3 is 0 Å². The van der Waals surface area contributed by atoms with Crippen LogP contribution in [0.3, 0.4) is 0 Å². The summed E-state index contributed by atoms with van der Waals surface area (Å²) >= 11 is 1.56. The fourth-order valence-electron chi connectivity index (χ4n) is 3.28. The highest BCUT2D eigenvalue weighted by molar-refractivity contribution is 7.12. The monoisotopic (exact) mass is 343 g/mol. The molecule has 1 aliphatic heterocycles. The average Bonchev–Trinajstić information content (AvgIpc) is 2.94. The summed E-state index contributed by atoms with van der Waals surface area (Å²) in [6.07, 6.45) is 5.87. The molecule has 1 saturated heterocycles. The Labute approximate surface area is 147 Å². The van der Waals surface area contributed by atoms with E-state index in [0.717, 1.165) is 54.9 Å². The summed E-state index contributed by atoms with van der Waals surface area (Å²) < 4.78 is 0. The lowest BCUT2D eigenvalue weighted by atomic mass is 10.1. The fourth-order valence-corrected chi connectivity index (χ4v) is 4.23. The molecule has 24 heavy (non-hydrogen) atoms. The number of amides is 1. The molecule has 1 fully saturated rings. The number of hydrogen-bond donors (Lipinski definition) is 1. The topological polar surface area (TPSA) is 45.2 Å². The third-order valence-corrected chi connectivity index (χ3v) is 5.57. The second-order valence-electron chi connectivity index (χ2n) is 6.22. The Kier molecular flexibility index (Phi) is 5.99. The van der Waals surface area contributed by atoms with E-state index >= 15 is 0 Å². The lowest BCUT2D eigenvalue weighted by Gasteiger charge is -2.31. The van der Waals surface area contributed by atoms with Gasteiger partial charge in [0.05, 0.1) is 17.1 Å². The van der Waals surface area contributed by atoms with Gasteiger partial charge in [-0.05, 0) is 67.9 Å². The quantitative estimate of drug-likeness (QED) is 0.904.